The van der Waals surface area contributed by atoms with Gasteiger partial charge in [0.1, 0.15) is 19.3 Å². The lowest BCUT2D eigenvalue weighted by Gasteiger charge is -2.21. The summed E-state index contributed by atoms with van der Waals surface area (Å²) in [4.78, 5) is 73.2. The van der Waals surface area contributed by atoms with E-state index in [0.29, 0.717) is 25.7 Å². The minimum Gasteiger partial charge on any atom is -0.462 e. The van der Waals surface area contributed by atoms with E-state index < -0.39 is 97.5 Å². The number of carbonyl (C=O) groups is 4. The minimum absolute atomic E-state index is 0.108. The van der Waals surface area contributed by atoms with E-state index in [1.165, 1.54) is 276 Å². The molecule has 0 aromatic carbocycles. The highest BCUT2D eigenvalue weighted by molar-refractivity contribution is 7.47. The number of unbranched alkanes of at least 4 members (excludes halogenated alkanes) is 56. The molecule has 0 rings (SSSR count). The summed E-state index contributed by atoms with van der Waals surface area (Å²) in [5.74, 6) is -1.36. The average molecular weight is 1510 g/mol. The molecule has 103 heavy (non-hydrogen) atoms. The third-order valence-electron chi connectivity index (χ3n) is 19.8. The SMILES string of the molecule is CCCCCCCCCCCCCCCCCCCCC(=O)OC[C@H](COP(=O)(O)OC[C@@H](O)COP(=O)(O)OC[C@@H](COC(=O)CCCCCCCCCCCC(C)C)OC(=O)CCCCCCCCCCCCCCCCC)OC(=O)CCCCCCCCCCCCCCCCCCCC. The molecule has 2 unspecified atom stereocenters. The van der Waals surface area contributed by atoms with E-state index in [1.807, 2.05) is 0 Å². The standard InChI is InChI=1S/C84H164O17P2/c1-6-9-12-15-18-21-24-27-30-32-34-37-39-42-47-52-57-62-67-81(86)94-73-79(100-84(89)70-65-60-55-49-44-41-38-35-33-31-28-25-22-19-16-13-10-7-2)75-98-102(90,91)96-71-78(85)72-97-103(92,93)99-76-80(74-95-82(87)68-63-58-53-50-45-46-51-56-61-66-77(4)5)101-83(88)69-64-59-54-48-43-40-36-29-26-23-20-17-14-11-8-3/h77-80,85H,6-76H2,1-5H3,(H,90,91)(H,92,93)/t78-,79-,80-/m1/s1. The molecule has 0 bridgehead atoms. The molecule has 0 saturated heterocycles. The van der Waals surface area contributed by atoms with Gasteiger partial charge in [-0.25, -0.2) is 9.13 Å². The molecular weight excluding hydrogens is 1340 g/mol. The fourth-order valence-electron chi connectivity index (χ4n) is 13.1. The third-order valence-corrected chi connectivity index (χ3v) is 21.7. The van der Waals surface area contributed by atoms with Crippen LogP contribution < -0.4 is 0 Å². The van der Waals surface area contributed by atoms with Crippen LogP contribution in [0.3, 0.4) is 0 Å². The third kappa shape index (κ3) is 78.0. The number of rotatable bonds is 84. The van der Waals surface area contributed by atoms with Crippen molar-refractivity contribution in [1.82, 2.24) is 0 Å². The van der Waals surface area contributed by atoms with E-state index in [9.17, 15) is 43.2 Å². The molecule has 0 aliphatic carbocycles. The smallest absolute Gasteiger partial charge is 0.462 e. The molecule has 0 saturated carbocycles. The second-order valence-electron chi connectivity index (χ2n) is 30.7. The van der Waals surface area contributed by atoms with Crippen LogP contribution in [0.15, 0.2) is 0 Å². The van der Waals surface area contributed by atoms with E-state index in [-0.39, 0.29) is 25.7 Å². The largest absolute Gasteiger partial charge is 0.472 e. The molecule has 5 atom stereocenters. The molecule has 0 aliphatic heterocycles. The number of carbonyl (C=O) groups excluding carboxylic acids is 4. The van der Waals surface area contributed by atoms with Crippen LogP contribution >= 0.6 is 15.6 Å². The predicted octanol–water partition coefficient (Wildman–Crippen LogP) is 25.6. The molecule has 0 aliphatic rings. The number of phosphoric acid groups is 2. The van der Waals surface area contributed by atoms with E-state index in [4.69, 9.17) is 37.0 Å². The van der Waals surface area contributed by atoms with Gasteiger partial charge in [0, 0.05) is 25.7 Å². The molecule has 0 aromatic rings. The lowest BCUT2D eigenvalue weighted by atomic mass is 10.0. The van der Waals surface area contributed by atoms with Crippen LogP contribution in [-0.4, -0.2) is 96.7 Å². The zero-order valence-electron chi connectivity index (χ0n) is 67.5. The van der Waals surface area contributed by atoms with Gasteiger partial charge in [0.15, 0.2) is 12.2 Å². The van der Waals surface area contributed by atoms with Gasteiger partial charge in [0.25, 0.3) is 0 Å². The Morgan fingerprint density at radius 3 is 0.660 bits per heavy atom. The van der Waals surface area contributed by atoms with Crippen LogP contribution in [0.5, 0.6) is 0 Å². The van der Waals surface area contributed by atoms with Crippen molar-refractivity contribution in [2.75, 3.05) is 39.6 Å². The number of hydrogen-bond acceptors (Lipinski definition) is 15. The summed E-state index contributed by atoms with van der Waals surface area (Å²) >= 11 is 0. The molecule has 0 fully saturated rings. The maximum Gasteiger partial charge on any atom is 0.472 e. The van der Waals surface area contributed by atoms with Crippen LogP contribution in [0.1, 0.15) is 452 Å². The van der Waals surface area contributed by atoms with Crippen molar-refractivity contribution < 1.29 is 80.2 Å². The molecule has 0 aromatic heterocycles. The first-order valence-corrected chi connectivity index (χ1v) is 46.6. The van der Waals surface area contributed by atoms with Crippen LogP contribution in [-0.2, 0) is 65.4 Å². The second kappa shape index (κ2) is 76.8. The summed E-state index contributed by atoms with van der Waals surface area (Å²) < 4.78 is 68.9. The molecule has 19 heteroatoms. The van der Waals surface area contributed by atoms with E-state index in [2.05, 4.69) is 34.6 Å². The van der Waals surface area contributed by atoms with E-state index in [1.54, 1.807) is 0 Å². The maximum absolute atomic E-state index is 13.1. The summed E-state index contributed by atoms with van der Waals surface area (Å²) in [5.41, 5.74) is 0. The quantitative estimate of drug-likeness (QED) is 0.0222. The Bertz CT molecular complexity index is 1960. The number of aliphatic hydroxyl groups is 1. The Kier molecular flexibility index (Phi) is 75.4. The highest BCUT2D eigenvalue weighted by Crippen LogP contribution is 2.45. The lowest BCUT2D eigenvalue weighted by molar-refractivity contribution is -0.161. The Balaban J connectivity index is 5.25. The van der Waals surface area contributed by atoms with E-state index >= 15 is 0 Å². The van der Waals surface area contributed by atoms with Gasteiger partial charge in [-0.3, -0.25) is 37.3 Å². The highest BCUT2D eigenvalue weighted by atomic mass is 31.2. The predicted molar refractivity (Wildman–Crippen MR) is 423 cm³/mol. The summed E-state index contributed by atoms with van der Waals surface area (Å²) in [6.45, 7) is 7.34. The molecule has 0 spiro atoms. The van der Waals surface area contributed by atoms with Crippen molar-refractivity contribution in [2.24, 2.45) is 5.92 Å². The molecular formula is C84H164O17P2. The maximum atomic E-state index is 13.1. The molecule has 3 N–H and O–H groups in total. The van der Waals surface area contributed by atoms with Crippen LogP contribution in [0, 0.1) is 5.92 Å². The van der Waals surface area contributed by atoms with Gasteiger partial charge in [-0.1, -0.05) is 401 Å². The van der Waals surface area contributed by atoms with Crippen molar-refractivity contribution >= 4 is 39.5 Å². The number of esters is 4. The Hall–Kier alpha value is -1.94. The molecule has 0 heterocycles. The Morgan fingerprint density at radius 1 is 0.262 bits per heavy atom. The van der Waals surface area contributed by atoms with Gasteiger partial charge in [-0.05, 0) is 31.6 Å². The van der Waals surface area contributed by atoms with Crippen LogP contribution in [0.25, 0.3) is 0 Å². The van der Waals surface area contributed by atoms with Crippen LogP contribution in [0.4, 0.5) is 0 Å². The first-order chi connectivity index (χ1) is 50.0. The first-order valence-electron chi connectivity index (χ1n) is 43.6. The normalized spacial score (nSPS) is 13.8. The topological polar surface area (TPSA) is 237 Å². The van der Waals surface area contributed by atoms with Gasteiger partial charge in [0.05, 0.1) is 26.4 Å². The van der Waals surface area contributed by atoms with Crippen molar-refractivity contribution in [3.05, 3.63) is 0 Å². The summed E-state index contributed by atoms with van der Waals surface area (Å²) in [5, 5.41) is 10.7. The van der Waals surface area contributed by atoms with Crippen LogP contribution in [0.2, 0.25) is 0 Å². The summed E-state index contributed by atoms with van der Waals surface area (Å²) in [6, 6.07) is 0. The van der Waals surface area contributed by atoms with Gasteiger partial charge in [0.2, 0.25) is 0 Å². The zero-order chi connectivity index (χ0) is 75.5. The second-order valence-corrected chi connectivity index (χ2v) is 33.6. The number of aliphatic hydroxyl groups excluding tert-OH is 1. The number of ether oxygens (including phenoxy) is 4. The molecule has 17 nitrogen and oxygen atoms in total. The Labute approximate surface area is 632 Å². The summed E-state index contributed by atoms with van der Waals surface area (Å²) in [6.07, 6.45) is 69.3. The lowest BCUT2D eigenvalue weighted by Crippen LogP contribution is -2.30. The molecule has 0 amide bonds. The fraction of sp³-hybridized carbons (Fsp3) is 0.952. The van der Waals surface area contributed by atoms with Gasteiger partial charge >= 0.3 is 39.5 Å². The number of phosphoric ester groups is 2. The van der Waals surface area contributed by atoms with Crippen molar-refractivity contribution in [3.8, 4) is 0 Å². The fourth-order valence-corrected chi connectivity index (χ4v) is 14.7. The molecule has 0 radical (unpaired) electrons. The summed E-state index contributed by atoms with van der Waals surface area (Å²) in [7, 11) is -9.92. The minimum atomic E-state index is -4.96. The van der Waals surface area contributed by atoms with E-state index in [0.717, 1.165) is 95.8 Å². The first kappa shape index (κ1) is 101. The average Bonchev–Trinajstić information content (AvgIpc) is 0.921. The van der Waals surface area contributed by atoms with Crippen molar-refractivity contribution in [1.29, 1.82) is 0 Å². The highest BCUT2D eigenvalue weighted by Gasteiger charge is 2.30. The Morgan fingerprint density at radius 2 is 0.447 bits per heavy atom. The van der Waals surface area contributed by atoms with Gasteiger partial charge < -0.3 is 33.8 Å². The molecule has 612 valence electrons. The monoisotopic (exact) mass is 1510 g/mol. The van der Waals surface area contributed by atoms with Crippen molar-refractivity contribution in [3.63, 3.8) is 0 Å². The number of hydrogen-bond donors (Lipinski definition) is 3. The van der Waals surface area contributed by atoms with Crippen molar-refractivity contribution in [2.45, 2.75) is 470 Å². The van der Waals surface area contributed by atoms with Gasteiger partial charge in [-0.15, -0.1) is 0 Å². The zero-order valence-corrected chi connectivity index (χ0v) is 69.3. The van der Waals surface area contributed by atoms with Gasteiger partial charge in [-0.2, -0.15) is 0 Å².